The molecule has 2 fully saturated rings. The van der Waals surface area contributed by atoms with Gasteiger partial charge in [0.1, 0.15) is 0 Å². The van der Waals surface area contributed by atoms with Crippen molar-refractivity contribution in [2.45, 2.75) is 118 Å². The van der Waals surface area contributed by atoms with Gasteiger partial charge in [0.25, 0.3) is 0 Å². The van der Waals surface area contributed by atoms with Crippen molar-refractivity contribution in [2.24, 2.45) is 39.4 Å². The van der Waals surface area contributed by atoms with Crippen LogP contribution in [0.2, 0.25) is 0 Å². The summed E-state index contributed by atoms with van der Waals surface area (Å²) in [6, 6.07) is 0. The van der Waals surface area contributed by atoms with Crippen LogP contribution in [0.1, 0.15) is 112 Å². The highest BCUT2D eigenvalue weighted by Gasteiger charge is 2.63. The van der Waals surface area contributed by atoms with Crippen LogP contribution in [0.25, 0.3) is 0 Å². The minimum Gasteiger partial charge on any atom is -0.393 e. The van der Waals surface area contributed by atoms with E-state index in [2.05, 4.69) is 41.5 Å². The number of ether oxygens (including phenoxy) is 1. The first-order valence-electron chi connectivity index (χ1n) is 13.4. The number of unbranched alkanes of at least 4 members (excludes halogenated alkanes) is 1. The predicted molar refractivity (Wildman–Crippen MR) is 130 cm³/mol. The summed E-state index contributed by atoms with van der Waals surface area (Å²) in [5, 5.41) is 10.8. The largest absolute Gasteiger partial charge is 0.393 e. The van der Waals surface area contributed by atoms with Crippen LogP contribution in [-0.2, 0) is 4.74 Å². The highest BCUT2D eigenvalue weighted by Crippen LogP contribution is 2.72. The van der Waals surface area contributed by atoms with Crippen LogP contribution in [-0.4, -0.2) is 24.9 Å². The van der Waals surface area contributed by atoms with Gasteiger partial charge in [-0.05, 0) is 97.2 Å². The van der Waals surface area contributed by atoms with Crippen LogP contribution >= 0.6 is 0 Å². The molecule has 0 unspecified atom stereocenters. The molecule has 1 N–H and O–H groups in total. The van der Waals surface area contributed by atoms with E-state index in [0.717, 1.165) is 24.9 Å². The Labute approximate surface area is 192 Å². The standard InChI is InChI=1S/C29H50O2/c1-20(10-8-9-19-31-7)21-13-17-29(6)23-11-12-24-26(2,3)25(30)15-16-27(24,4)22(23)14-18-28(21,29)5/h20-21,24-25,30H,8-19H2,1-7H3/t20-,21-,24+,25+,27-,28-,29+/m1/s1. The maximum Gasteiger partial charge on any atom is 0.0594 e. The maximum absolute atomic E-state index is 10.8. The Balaban J connectivity index is 1.61. The molecule has 2 saturated carbocycles. The normalized spacial score (nSPS) is 45.1. The summed E-state index contributed by atoms with van der Waals surface area (Å²) in [5.74, 6) is 2.32. The molecule has 0 aromatic rings. The van der Waals surface area contributed by atoms with Gasteiger partial charge in [-0.3, -0.25) is 0 Å². The molecule has 4 aliphatic rings. The third kappa shape index (κ3) is 3.40. The molecular weight excluding hydrogens is 380 g/mol. The van der Waals surface area contributed by atoms with Crippen LogP contribution in [0.5, 0.6) is 0 Å². The number of aliphatic hydroxyl groups is 1. The van der Waals surface area contributed by atoms with Crippen molar-refractivity contribution in [3.63, 3.8) is 0 Å². The second-order valence-corrected chi connectivity index (χ2v) is 13.2. The fraction of sp³-hybridized carbons (Fsp3) is 0.931. The zero-order valence-electron chi connectivity index (χ0n) is 21.7. The SMILES string of the molecule is COCCCC[C@@H](C)[C@H]1CC[C@@]2(C)C3=C(CC[C@]12C)[C@@]1(C)CC[C@H](O)C(C)(C)[C@@H]1CC3. The summed E-state index contributed by atoms with van der Waals surface area (Å²) >= 11 is 0. The second-order valence-electron chi connectivity index (χ2n) is 13.2. The van der Waals surface area contributed by atoms with Crippen molar-refractivity contribution in [1.29, 1.82) is 0 Å². The van der Waals surface area contributed by atoms with Crippen molar-refractivity contribution in [2.75, 3.05) is 13.7 Å². The first-order chi connectivity index (χ1) is 14.5. The molecule has 0 heterocycles. The Morgan fingerprint density at radius 2 is 1.68 bits per heavy atom. The smallest absolute Gasteiger partial charge is 0.0594 e. The minimum atomic E-state index is -0.132. The molecule has 4 rings (SSSR count). The van der Waals surface area contributed by atoms with E-state index in [1.165, 1.54) is 64.2 Å². The Bertz CT molecular complexity index is 708. The molecule has 0 aromatic heterocycles. The maximum atomic E-state index is 10.8. The Morgan fingerprint density at radius 1 is 0.935 bits per heavy atom. The lowest BCUT2D eigenvalue weighted by Crippen LogP contribution is -2.55. The third-order valence-electron chi connectivity index (χ3n) is 11.7. The number of rotatable bonds is 6. The Kier molecular flexibility index (Phi) is 6.26. The second kappa shape index (κ2) is 8.15. The van der Waals surface area contributed by atoms with Gasteiger partial charge in [-0.15, -0.1) is 0 Å². The monoisotopic (exact) mass is 430 g/mol. The molecule has 178 valence electrons. The van der Waals surface area contributed by atoms with E-state index in [4.69, 9.17) is 4.74 Å². The van der Waals surface area contributed by atoms with E-state index in [0.29, 0.717) is 22.2 Å². The summed E-state index contributed by atoms with van der Waals surface area (Å²) in [7, 11) is 1.82. The zero-order valence-corrected chi connectivity index (χ0v) is 21.7. The van der Waals surface area contributed by atoms with Crippen LogP contribution in [0.15, 0.2) is 11.1 Å². The summed E-state index contributed by atoms with van der Waals surface area (Å²) < 4.78 is 5.28. The first-order valence-corrected chi connectivity index (χ1v) is 13.4. The first kappa shape index (κ1) is 23.8. The molecule has 0 spiro atoms. The van der Waals surface area contributed by atoms with Gasteiger partial charge in [0.05, 0.1) is 6.10 Å². The molecule has 0 aliphatic heterocycles. The highest BCUT2D eigenvalue weighted by atomic mass is 16.5. The van der Waals surface area contributed by atoms with E-state index < -0.39 is 0 Å². The Morgan fingerprint density at radius 3 is 2.39 bits per heavy atom. The third-order valence-corrected chi connectivity index (χ3v) is 11.7. The van der Waals surface area contributed by atoms with Crippen molar-refractivity contribution in [3.8, 4) is 0 Å². The Hall–Kier alpha value is -0.340. The van der Waals surface area contributed by atoms with Crippen molar-refractivity contribution in [1.82, 2.24) is 0 Å². The van der Waals surface area contributed by atoms with Gasteiger partial charge in [0.15, 0.2) is 0 Å². The fourth-order valence-corrected chi connectivity index (χ4v) is 9.54. The van der Waals surface area contributed by atoms with Crippen molar-refractivity contribution < 1.29 is 9.84 Å². The average Bonchev–Trinajstić information content (AvgIpc) is 3.00. The topological polar surface area (TPSA) is 29.5 Å². The summed E-state index contributed by atoms with van der Waals surface area (Å²) in [4.78, 5) is 0. The number of aliphatic hydroxyl groups excluding tert-OH is 1. The van der Waals surface area contributed by atoms with Gasteiger partial charge in [-0.2, -0.15) is 0 Å². The molecule has 7 atom stereocenters. The molecule has 0 amide bonds. The molecular formula is C29H50O2. The quantitative estimate of drug-likeness (QED) is 0.348. The minimum absolute atomic E-state index is 0.0438. The zero-order chi connectivity index (χ0) is 22.7. The van der Waals surface area contributed by atoms with Gasteiger partial charge in [0, 0.05) is 13.7 Å². The van der Waals surface area contributed by atoms with Gasteiger partial charge in [-0.25, -0.2) is 0 Å². The predicted octanol–water partition coefficient (Wildman–Crippen LogP) is 7.55. The van der Waals surface area contributed by atoms with Crippen LogP contribution < -0.4 is 0 Å². The van der Waals surface area contributed by atoms with Gasteiger partial charge in [0.2, 0.25) is 0 Å². The van der Waals surface area contributed by atoms with E-state index in [1.54, 1.807) is 0 Å². The van der Waals surface area contributed by atoms with Gasteiger partial charge in [-0.1, -0.05) is 65.5 Å². The number of fused-ring (bicyclic) bond motifs is 4. The molecule has 31 heavy (non-hydrogen) atoms. The van der Waals surface area contributed by atoms with Crippen molar-refractivity contribution in [3.05, 3.63) is 11.1 Å². The molecule has 0 saturated heterocycles. The van der Waals surface area contributed by atoms with E-state index in [9.17, 15) is 5.11 Å². The fourth-order valence-electron chi connectivity index (χ4n) is 9.54. The number of hydrogen-bond acceptors (Lipinski definition) is 2. The highest BCUT2D eigenvalue weighted by molar-refractivity contribution is 5.38. The molecule has 2 heteroatoms. The van der Waals surface area contributed by atoms with Crippen LogP contribution in [0, 0.1) is 39.4 Å². The number of allylic oxidation sites excluding steroid dienone is 2. The van der Waals surface area contributed by atoms with E-state index in [1.807, 2.05) is 18.3 Å². The number of methoxy groups -OCH3 is 1. The lowest BCUT2D eigenvalue weighted by atomic mass is 9.43. The average molecular weight is 431 g/mol. The van der Waals surface area contributed by atoms with Gasteiger partial charge >= 0.3 is 0 Å². The molecule has 0 bridgehead atoms. The molecule has 2 nitrogen and oxygen atoms in total. The van der Waals surface area contributed by atoms with Gasteiger partial charge < -0.3 is 9.84 Å². The van der Waals surface area contributed by atoms with Crippen LogP contribution in [0.3, 0.4) is 0 Å². The van der Waals surface area contributed by atoms with E-state index >= 15 is 0 Å². The van der Waals surface area contributed by atoms with Crippen LogP contribution in [0.4, 0.5) is 0 Å². The lowest BCUT2D eigenvalue weighted by Gasteiger charge is -2.62. The molecule has 0 radical (unpaired) electrons. The molecule has 4 aliphatic carbocycles. The summed E-state index contributed by atoms with van der Waals surface area (Å²) in [6.07, 6.45) is 14.0. The van der Waals surface area contributed by atoms with Crippen molar-refractivity contribution >= 4 is 0 Å². The van der Waals surface area contributed by atoms with E-state index in [-0.39, 0.29) is 11.5 Å². The lowest BCUT2D eigenvalue weighted by molar-refractivity contribution is -0.0962. The molecule has 0 aromatic carbocycles. The summed E-state index contributed by atoms with van der Waals surface area (Å²) in [5.41, 5.74) is 4.92. The summed E-state index contributed by atoms with van der Waals surface area (Å²) in [6.45, 7) is 16.0. The number of hydrogen-bond donors (Lipinski definition) is 1.